The molecular formula is C22H29ClN2O2. The molecular weight excluding hydrogens is 360 g/mol. The molecule has 0 spiro atoms. The van der Waals surface area contributed by atoms with Crippen molar-refractivity contribution in [3.8, 4) is 5.75 Å². The highest BCUT2D eigenvalue weighted by Crippen LogP contribution is 2.35. The zero-order valence-corrected chi connectivity index (χ0v) is 17.7. The van der Waals surface area contributed by atoms with E-state index in [0.29, 0.717) is 16.4 Å². The molecule has 0 unspecified atom stereocenters. The van der Waals surface area contributed by atoms with Crippen LogP contribution in [0.2, 0.25) is 5.02 Å². The first-order valence-electron chi connectivity index (χ1n) is 9.00. The fourth-order valence-electron chi connectivity index (χ4n) is 2.67. The van der Waals surface area contributed by atoms with E-state index in [2.05, 4.69) is 59.0 Å². The normalized spacial score (nSPS) is 12.0. The van der Waals surface area contributed by atoms with E-state index in [1.807, 2.05) is 6.07 Å². The number of anilines is 2. The molecule has 0 atom stereocenters. The lowest BCUT2D eigenvalue weighted by molar-refractivity contribution is -0.118. The number of nitrogens with two attached hydrogens (primary N) is 1. The van der Waals surface area contributed by atoms with E-state index in [0.717, 1.165) is 11.3 Å². The lowest BCUT2D eigenvalue weighted by atomic mass is 9.80. The summed E-state index contributed by atoms with van der Waals surface area (Å²) in [6.45, 7) is 12.9. The average molecular weight is 389 g/mol. The van der Waals surface area contributed by atoms with Crippen LogP contribution in [0, 0.1) is 0 Å². The standard InChI is InChI=1S/C22H29ClN2O2/c1-21(2,3)14-7-10-19(16(11-14)22(4,5)6)27-13-20(26)25-15-8-9-17(23)18(24)12-15/h7-12H,13,24H2,1-6H3,(H,25,26). The van der Waals surface area contributed by atoms with E-state index in [-0.39, 0.29) is 23.3 Å². The van der Waals surface area contributed by atoms with E-state index >= 15 is 0 Å². The van der Waals surface area contributed by atoms with Gasteiger partial charge in [-0.2, -0.15) is 0 Å². The second-order valence-electron chi connectivity index (χ2n) is 8.78. The Hall–Kier alpha value is -2.20. The maximum atomic E-state index is 12.3. The van der Waals surface area contributed by atoms with Crippen LogP contribution in [0.3, 0.4) is 0 Å². The molecule has 2 rings (SSSR count). The number of ether oxygens (including phenoxy) is 1. The van der Waals surface area contributed by atoms with Crippen LogP contribution in [0.25, 0.3) is 0 Å². The van der Waals surface area contributed by atoms with Crippen LogP contribution >= 0.6 is 11.6 Å². The summed E-state index contributed by atoms with van der Waals surface area (Å²) >= 11 is 5.90. The number of halogens is 1. The highest BCUT2D eigenvalue weighted by atomic mass is 35.5. The predicted octanol–water partition coefficient (Wildman–Crippen LogP) is 5.53. The Morgan fingerprint density at radius 2 is 1.70 bits per heavy atom. The smallest absolute Gasteiger partial charge is 0.262 e. The van der Waals surface area contributed by atoms with Crippen molar-refractivity contribution in [1.82, 2.24) is 0 Å². The first kappa shape index (κ1) is 21.1. The molecule has 0 aromatic heterocycles. The molecule has 3 N–H and O–H groups in total. The summed E-state index contributed by atoms with van der Waals surface area (Å²) in [5, 5.41) is 3.23. The summed E-state index contributed by atoms with van der Waals surface area (Å²) in [5.74, 6) is 0.470. The number of hydrogen-bond donors (Lipinski definition) is 2. The molecule has 0 saturated heterocycles. The fraction of sp³-hybridized carbons (Fsp3) is 0.409. The third kappa shape index (κ3) is 5.64. The highest BCUT2D eigenvalue weighted by Gasteiger charge is 2.23. The topological polar surface area (TPSA) is 64.3 Å². The van der Waals surface area contributed by atoms with Crippen molar-refractivity contribution in [2.75, 3.05) is 17.7 Å². The number of amides is 1. The predicted molar refractivity (Wildman–Crippen MR) is 114 cm³/mol. The van der Waals surface area contributed by atoms with E-state index in [4.69, 9.17) is 22.1 Å². The molecule has 1 amide bonds. The molecule has 0 saturated carbocycles. The fourth-order valence-corrected chi connectivity index (χ4v) is 2.79. The zero-order valence-electron chi connectivity index (χ0n) is 16.9. The van der Waals surface area contributed by atoms with E-state index in [1.165, 1.54) is 5.56 Å². The molecule has 2 aromatic carbocycles. The number of nitrogens with one attached hydrogen (secondary N) is 1. The SMILES string of the molecule is CC(C)(C)c1ccc(OCC(=O)Nc2ccc(Cl)c(N)c2)c(C(C)(C)C)c1. The number of nitrogen functional groups attached to an aromatic ring is 1. The Balaban J connectivity index is 2.14. The minimum Gasteiger partial charge on any atom is -0.483 e. The quantitative estimate of drug-likeness (QED) is 0.676. The second-order valence-corrected chi connectivity index (χ2v) is 9.19. The van der Waals surface area contributed by atoms with Gasteiger partial charge >= 0.3 is 0 Å². The molecule has 0 fully saturated rings. The molecule has 4 nitrogen and oxygen atoms in total. The molecule has 146 valence electrons. The molecule has 2 aromatic rings. The zero-order chi connectivity index (χ0) is 20.4. The minimum atomic E-state index is -0.253. The summed E-state index contributed by atoms with van der Waals surface area (Å²) in [4.78, 5) is 12.3. The van der Waals surface area contributed by atoms with Gasteiger partial charge in [-0.15, -0.1) is 0 Å². The van der Waals surface area contributed by atoms with Crippen molar-refractivity contribution in [1.29, 1.82) is 0 Å². The summed E-state index contributed by atoms with van der Waals surface area (Å²) in [5.41, 5.74) is 9.04. The van der Waals surface area contributed by atoms with E-state index < -0.39 is 0 Å². The van der Waals surface area contributed by atoms with Gasteiger partial charge in [0.1, 0.15) is 5.75 Å². The van der Waals surface area contributed by atoms with Crippen LogP contribution in [0.15, 0.2) is 36.4 Å². The number of hydrogen-bond acceptors (Lipinski definition) is 3. The Labute approximate surface area is 167 Å². The van der Waals surface area contributed by atoms with Gasteiger partial charge < -0.3 is 15.8 Å². The van der Waals surface area contributed by atoms with Crippen molar-refractivity contribution < 1.29 is 9.53 Å². The second kappa shape index (κ2) is 7.81. The van der Waals surface area contributed by atoms with Crippen molar-refractivity contribution in [2.45, 2.75) is 52.4 Å². The van der Waals surface area contributed by atoms with Gasteiger partial charge in [0, 0.05) is 5.69 Å². The third-order valence-electron chi connectivity index (χ3n) is 4.29. The Kier molecular flexibility index (Phi) is 6.10. The van der Waals surface area contributed by atoms with Gasteiger partial charge in [0.2, 0.25) is 0 Å². The van der Waals surface area contributed by atoms with Crippen molar-refractivity contribution in [3.63, 3.8) is 0 Å². The molecule has 0 aliphatic carbocycles. The summed E-state index contributed by atoms with van der Waals surface area (Å²) < 4.78 is 5.85. The molecule has 27 heavy (non-hydrogen) atoms. The number of rotatable bonds is 4. The largest absolute Gasteiger partial charge is 0.483 e. The van der Waals surface area contributed by atoms with Gasteiger partial charge in [0.15, 0.2) is 6.61 Å². The van der Waals surface area contributed by atoms with Gasteiger partial charge in [0.25, 0.3) is 5.91 Å². The minimum absolute atomic E-state index is 0.0461. The Morgan fingerprint density at radius 3 is 2.26 bits per heavy atom. The first-order chi connectivity index (χ1) is 12.4. The molecule has 0 heterocycles. The molecule has 0 bridgehead atoms. The summed E-state index contributed by atoms with van der Waals surface area (Å²) in [7, 11) is 0. The number of benzene rings is 2. The first-order valence-corrected chi connectivity index (χ1v) is 9.38. The van der Waals surface area contributed by atoms with Gasteiger partial charge in [-0.1, -0.05) is 65.3 Å². The van der Waals surface area contributed by atoms with Gasteiger partial charge in [-0.25, -0.2) is 0 Å². The third-order valence-corrected chi connectivity index (χ3v) is 4.64. The van der Waals surface area contributed by atoms with Gasteiger partial charge in [0.05, 0.1) is 10.7 Å². The van der Waals surface area contributed by atoms with Crippen LogP contribution in [0.1, 0.15) is 52.7 Å². The summed E-state index contributed by atoms with van der Waals surface area (Å²) in [6.07, 6.45) is 0. The van der Waals surface area contributed by atoms with Crippen LogP contribution in [-0.4, -0.2) is 12.5 Å². The lowest BCUT2D eigenvalue weighted by Gasteiger charge is -2.27. The van der Waals surface area contributed by atoms with E-state index in [9.17, 15) is 4.79 Å². The van der Waals surface area contributed by atoms with Gasteiger partial charge in [-0.3, -0.25) is 4.79 Å². The monoisotopic (exact) mass is 388 g/mol. The molecule has 0 aliphatic rings. The highest BCUT2D eigenvalue weighted by molar-refractivity contribution is 6.33. The van der Waals surface area contributed by atoms with Crippen LogP contribution in [0.4, 0.5) is 11.4 Å². The average Bonchev–Trinajstić information content (AvgIpc) is 2.54. The van der Waals surface area contributed by atoms with Crippen LogP contribution < -0.4 is 15.8 Å². The van der Waals surface area contributed by atoms with Crippen LogP contribution in [-0.2, 0) is 15.6 Å². The molecule has 0 radical (unpaired) electrons. The molecule has 5 heteroatoms. The Bertz CT molecular complexity index is 833. The van der Waals surface area contributed by atoms with Crippen molar-refractivity contribution >= 4 is 28.9 Å². The van der Waals surface area contributed by atoms with Crippen LogP contribution in [0.5, 0.6) is 5.75 Å². The Morgan fingerprint density at radius 1 is 1.04 bits per heavy atom. The van der Waals surface area contributed by atoms with Gasteiger partial charge in [-0.05, 0) is 46.2 Å². The summed E-state index contributed by atoms with van der Waals surface area (Å²) in [6, 6.07) is 11.2. The van der Waals surface area contributed by atoms with E-state index in [1.54, 1.807) is 18.2 Å². The number of carbonyl (C=O) groups is 1. The maximum absolute atomic E-state index is 12.3. The molecule has 0 aliphatic heterocycles. The maximum Gasteiger partial charge on any atom is 0.262 e. The number of carbonyl (C=O) groups excluding carboxylic acids is 1. The van der Waals surface area contributed by atoms with Crippen molar-refractivity contribution in [3.05, 3.63) is 52.5 Å². The lowest BCUT2D eigenvalue weighted by Crippen LogP contribution is -2.22. The van der Waals surface area contributed by atoms with Crippen molar-refractivity contribution in [2.24, 2.45) is 0 Å².